The number of hydrogen-bond donors (Lipinski definition) is 0. The molecule has 3 aromatic rings. The van der Waals surface area contributed by atoms with Crippen LogP contribution < -0.4 is 5.56 Å². The van der Waals surface area contributed by atoms with E-state index in [1.165, 1.54) is 11.8 Å². The molecule has 6 nitrogen and oxygen atoms in total. The molecule has 140 valence electrons. The van der Waals surface area contributed by atoms with Crippen molar-refractivity contribution in [2.45, 2.75) is 13.5 Å². The highest BCUT2D eigenvalue weighted by Gasteiger charge is 2.35. The molecule has 0 unspecified atom stereocenters. The van der Waals surface area contributed by atoms with Crippen molar-refractivity contribution in [3.05, 3.63) is 99.2 Å². The first-order chi connectivity index (χ1) is 13.5. The van der Waals surface area contributed by atoms with Crippen molar-refractivity contribution in [1.29, 1.82) is 0 Å². The number of nitrogens with zero attached hydrogens (tertiary/aromatic N) is 2. The lowest BCUT2D eigenvalue weighted by molar-refractivity contribution is 0.0907. The van der Waals surface area contributed by atoms with E-state index in [-0.39, 0.29) is 23.6 Å². The number of rotatable bonds is 4. The number of allylic oxidation sites excluding steroid dienone is 2. The average molecular weight is 374 g/mol. The molecule has 1 aliphatic carbocycles. The Bertz CT molecular complexity index is 1170. The normalized spacial score (nSPS) is 13.3. The van der Waals surface area contributed by atoms with E-state index in [2.05, 4.69) is 0 Å². The number of Topliss-reactive ketones (excluding diaryl/α,β-unsaturated/α-hetero) is 1. The van der Waals surface area contributed by atoms with Gasteiger partial charge < -0.3 is 4.74 Å². The summed E-state index contributed by atoms with van der Waals surface area (Å²) in [5.41, 5.74) is 1.94. The van der Waals surface area contributed by atoms with Gasteiger partial charge in [0, 0.05) is 6.08 Å². The first-order valence-corrected chi connectivity index (χ1v) is 8.82. The van der Waals surface area contributed by atoms with E-state index in [0.29, 0.717) is 5.69 Å². The Labute approximate surface area is 161 Å². The zero-order chi connectivity index (χ0) is 19.8. The van der Waals surface area contributed by atoms with Crippen LogP contribution in [0, 0.1) is 6.92 Å². The zero-order valence-corrected chi connectivity index (χ0v) is 15.5. The summed E-state index contributed by atoms with van der Waals surface area (Å²) in [5.74, 6) is -1.07. The van der Waals surface area contributed by atoms with E-state index in [4.69, 9.17) is 4.74 Å². The predicted molar refractivity (Wildman–Crippen MR) is 104 cm³/mol. The van der Waals surface area contributed by atoms with Crippen LogP contribution >= 0.6 is 0 Å². The van der Waals surface area contributed by atoms with Crippen LogP contribution in [-0.4, -0.2) is 28.0 Å². The molecule has 4 rings (SSSR count). The number of methoxy groups -OCH3 is 1. The van der Waals surface area contributed by atoms with Gasteiger partial charge in [-0.3, -0.25) is 19.1 Å². The van der Waals surface area contributed by atoms with Crippen molar-refractivity contribution in [2.75, 3.05) is 7.11 Å². The molecule has 28 heavy (non-hydrogen) atoms. The third kappa shape index (κ3) is 2.79. The van der Waals surface area contributed by atoms with Gasteiger partial charge in [0.15, 0.2) is 11.5 Å². The fourth-order valence-electron chi connectivity index (χ4n) is 3.37. The third-order valence-electron chi connectivity index (χ3n) is 4.76. The first-order valence-electron chi connectivity index (χ1n) is 8.82. The van der Waals surface area contributed by atoms with Crippen LogP contribution in [0.1, 0.15) is 32.0 Å². The van der Waals surface area contributed by atoms with Crippen molar-refractivity contribution in [3.8, 4) is 5.69 Å². The lowest BCUT2D eigenvalue weighted by Gasteiger charge is -2.17. The summed E-state index contributed by atoms with van der Waals surface area (Å²) in [7, 11) is 1.33. The Kier molecular flexibility index (Phi) is 4.31. The van der Waals surface area contributed by atoms with Crippen LogP contribution in [0.3, 0.4) is 0 Å². The lowest BCUT2D eigenvalue weighted by atomic mass is 10.0. The Morgan fingerprint density at radius 3 is 2.25 bits per heavy atom. The highest BCUT2D eigenvalue weighted by Crippen LogP contribution is 2.23. The highest BCUT2D eigenvalue weighted by atomic mass is 16.5. The second kappa shape index (κ2) is 6.81. The molecule has 1 heterocycles. The first kappa shape index (κ1) is 17.7. The Morgan fingerprint density at radius 2 is 1.61 bits per heavy atom. The maximum Gasteiger partial charge on any atom is 0.283 e. The van der Waals surface area contributed by atoms with E-state index < -0.39 is 17.1 Å². The molecule has 0 amide bonds. The van der Waals surface area contributed by atoms with E-state index in [1.54, 1.807) is 16.8 Å². The molecular weight excluding hydrogens is 356 g/mol. The van der Waals surface area contributed by atoms with Crippen LogP contribution in [0.5, 0.6) is 0 Å². The molecule has 0 bridgehead atoms. The van der Waals surface area contributed by atoms with Crippen molar-refractivity contribution < 1.29 is 14.3 Å². The van der Waals surface area contributed by atoms with E-state index in [1.807, 2.05) is 49.4 Å². The van der Waals surface area contributed by atoms with Gasteiger partial charge in [0.05, 0.1) is 19.3 Å². The Morgan fingerprint density at radius 1 is 0.929 bits per heavy atom. The van der Waals surface area contributed by atoms with Crippen LogP contribution in [0.4, 0.5) is 0 Å². The van der Waals surface area contributed by atoms with Crippen LogP contribution in [0.2, 0.25) is 0 Å². The number of ketones is 2. The molecule has 6 heteroatoms. The maximum atomic E-state index is 13.2. The minimum Gasteiger partial charge on any atom is -0.492 e. The average Bonchev–Trinajstić information content (AvgIpc) is 2.99. The molecule has 0 spiro atoms. The quantitative estimate of drug-likeness (QED) is 0.704. The minimum absolute atomic E-state index is 0.0544. The summed E-state index contributed by atoms with van der Waals surface area (Å²) in [6.45, 7) is 2.21. The number of aryl methyl sites for hydroxylation is 1. The predicted octanol–water partition coefficient (Wildman–Crippen LogP) is 2.91. The molecule has 0 saturated heterocycles. The van der Waals surface area contributed by atoms with Crippen LogP contribution in [-0.2, 0) is 11.3 Å². The summed E-state index contributed by atoms with van der Waals surface area (Å²) in [5, 5.41) is 0. The molecule has 0 radical (unpaired) electrons. The maximum absolute atomic E-state index is 13.2. The van der Waals surface area contributed by atoms with Crippen molar-refractivity contribution >= 4 is 11.6 Å². The van der Waals surface area contributed by atoms with Gasteiger partial charge in [0.25, 0.3) is 5.56 Å². The smallest absolute Gasteiger partial charge is 0.283 e. The van der Waals surface area contributed by atoms with Crippen LogP contribution in [0.15, 0.2) is 71.2 Å². The van der Waals surface area contributed by atoms with Crippen molar-refractivity contribution in [1.82, 2.24) is 9.36 Å². The second-order valence-corrected chi connectivity index (χ2v) is 6.63. The van der Waals surface area contributed by atoms with E-state index in [9.17, 15) is 14.4 Å². The molecule has 0 aliphatic heterocycles. The van der Waals surface area contributed by atoms with Crippen molar-refractivity contribution in [3.63, 3.8) is 0 Å². The van der Waals surface area contributed by atoms with Crippen molar-refractivity contribution in [2.24, 2.45) is 0 Å². The summed E-state index contributed by atoms with van der Waals surface area (Å²) < 4.78 is 8.02. The third-order valence-corrected chi connectivity index (χ3v) is 4.76. The summed E-state index contributed by atoms with van der Waals surface area (Å²) in [6, 6.07) is 16.8. The molecule has 0 fully saturated rings. The Hall–Kier alpha value is -3.67. The number of carbonyl (C=O) groups is 2. The van der Waals surface area contributed by atoms with Gasteiger partial charge in [-0.05, 0) is 24.6 Å². The molecule has 0 atom stereocenters. The SMILES string of the molecule is COC1=CC(=O)c2c(n(Cc3ccccc3)n(-c3ccc(C)cc3)c2=O)C1=O. The van der Waals surface area contributed by atoms with Gasteiger partial charge in [-0.15, -0.1) is 0 Å². The van der Waals surface area contributed by atoms with Gasteiger partial charge in [0.2, 0.25) is 5.78 Å². The molecule has 2 aromatic carbocycles. The number of ether oxygens (including phenoxy) is 1. The summed E-state index contributed by atoms with van der Waals surface area (Å²) >= 11 is 0. The number of benzene rings is 2. The summed E-state index contributed by atoms with van der Waals surface area (Å²) in [4.78, 5) is 38.7. The second-order valence-electron chi connectivity index (χ2n) is 6.63. The molecule has 0 saturated carbocycles. The van der Waals surface area contributed by atoms with Crippen LogP contribution in [0.25, 0.3) is 5.69 Å². The Balaban J connectivity index is 2.00. The van der Waals surface area contributed by atoms with Gasteiger partial charge in [-0.1, -0.05) is 48.0 Å². The molecule has 0 N–H and O–H groups in total. The number of fused-ring (bicyclic) bond motifs is 1. The summed E-state index contributed by atoms with van der Waals surface area (Å²) in [6.07, 6.45) is 1.08. The number of carbonyl (C=O) groups excluding carboxylic acids is 2. The molecular formula is C22H18N2O4. The fraction of sp³-hybridized carbons (Fsp3) is 0.136. The largest absolute Gasteiger partial charge is 0.492 e. The van der Waals surface area contributed by atoms with Gasteiger partial charge in [0.1, 0.15) is 11.3 Å². The fourth-order valence-corrected chi connectivity index (χ4v) is 3.37. The topological polar surface area (TPSA) is 70.3 Å². The standard InChI is InChI=1S/C22H18N2O4/c1-14-8-10-16(11-9-14)24-22(27)19-17(25)12-18(28-2)21(26)20(19)23(24)13-15-6-4-3-5-7-15/h3-12H,13H2,1-2H3. The zero-order valence-electron chi connectivity index (χ0n) is 15.5. The van der Waals surface area contributed by atoms with Gasteiger partial charge >= 0.3 is 0 Å². The minimum atomic E-state index is -0.524. The van der Waals surface area contributed by atoms with E-state index in [0.717, 1.165) is 17.2 Å². The lowest BCUT2D eigenvalue weighted by Crippen LogP contribution is -2.23. The molecule has 1 aliphatic rings. The highest BCUT2D eigenvalue weighted by molar-refractivity contribution is 6.23. The van der Waals surface area contributed by atoms with Gasteiger partial charge in [-0.25, -0.2) is 4.68 Å². The van der Waals surface area contributed by atoms with E-state index >= 15 is 0 Å². The number of hydrogen-bond acceptors (Lipinski definition) is 4. The molecule has 1 aromatic heterocycles. The van der Waals surface area contributed by atoms with Gasteiger partial charge in [-0.2, -0.15) is 0 Å². The monoisotopic (exact) mass is 374 g/mol. The number of aromatic nitrogens is 2.